The van der Waals surface area contributed by atoms with Crippen LogP contribution < -0.4 is 4.72 Å². The van der Waals surface area contributed by atoms with E-state index in [1.54, 1.807) is 23.2 Å². The maximum atomic E-state index is 12.9. The third kappa shape index (κ3) is 6.65. The molecule has 1 N–H and O–H groups in total. The Hall–Kier alpha value is -1.46. The number of carbonyl (C=O) groups excluding carboxylic acids is 1. The number of carbonyl (C=O) groups is 1. The smallest absolute Gasteiger partial charge is 0.241 e. The Morgan fingerprint density at radius 3 is 2.49 bits per heavy atom. The molecule has 1 amide bonds. The maximum Gasteiger partial charge on any atom is 0.241 e. The molecule has 0 aliphatic carbocycles. The zero-order chi connectivity index (χ0) is 25.2. The lowest BCUT2D eigenvalue weighted by molar-refractivity contribution is -0.134. The van der Waals surface area contributed by atoms with E-state index < -0.39 is 16.1 Å². The highest BCUT2D eigenvalue weighted by Crippen LogP contribution is 2.30. The van der Waals surface area contributed by atoms with Crippen LogP contribution in [0.2, 0.25) is 10.0 Å². The van der Waals surface area contributed by atoms with Crippen molar-refractivity contribution in [3.05, 3.63) is 74.0 Å². The van der Waals surface area contributed by atoms with E-state index in [1.165, 1.54) is 33.5 Å². The van der Waals surface area contributed by atoms with E-state index in [1.807, 2.05) is 12.1 Å². The van der Waals surface area contributed by atoms with Crippen LogP contribution in [0.5, 0.6) is 0 Å². The molecular weight excluding hydrogens is 593 g/mol. The van der Waals surface area contributed by atoms with Crippen LogP contribution in [0.15, 0.2) is 64.0 Å². The van der Waals surface area contributed by atoms with E-state index in [0.717, 1.165) is 24.1 Å². The molecule has 35 heavy (non-hydrogen) atoms. The van der Waals surface area contributed by atoms with Gasteiger partial charge in [-0.25, -0.2) is 8.42 Å². The van der Waals surface area contributed by atoms with Crippen molar-refractivity contribution in [2.75, 3.05) is 26.2 Å². The topological polar surface area (TPSA) is 69.7 Å². The highest BCUT2D eigenvalue weighted by Gasteiger charge is 2.28. The summed E-state index contributed by atoms with van der Waals surface area (Å²) in [6.07, 6.45) is 0. The predicted molar refractivity (Wildman–Crippen MR) is 146 cm³/mol. The normalized spacial score (nSPS) is 15.8. The summed E-state index contributed by atoms with van der Waals surface area (Å²) in [6, 6.07) is 15.7. The molecule has 186 valence electrons. The summed E-state index contributed by atoms with van der Waals surface area (Å²) < 4.78 is 28.9. The molecule has 1 aliphatic heterocycles. The van der Waals surface area contributed by atoms with Gasteiger partial charge in [-0.05, 0) is 55.0 Å². The van der Waals surface area contributed by atoms with Gasteiger partial charge in [0.25, 0.3) is 0 Å². The molecule has 3 aromatic rings. The molecule has 0 spiro atoms. The predicted octanol–water partition coefficient (Wildman–Crippen LogP) is 5.50. The average molecular weight is 617 g/mol. The van der Waals surface area contributed by atoms with Crippen molar-refractivity contribution < 1.29 is 13.2 Å². The fourth-order valence-electron chi connectivity index (χ4n) is 3.88. The van der Waals surface area contributed by atoms with Gasteiger partial charge in [0.05, 0.1) is 21.0 Å². The first-order valence-corrected chi connectivity index (χ1v) is 14.8. The third-order valence-corrected chi connectivity index (χ3v) is 9.63. The molecule has 2 heterocycles. The molecule has 6 nitrogen and oxygen atoms in total. The first kappa shape index (κ1) is 26.6. The third-order valence-electron chi connectivity index (χ3n) is 5.74. The molecule has 0 saturated carbocycles. The van der Waals surface area contributed by atoms with Gasteiger partial charge < -0.3 is 4.90 Å². The standard InChI is InChI=1S/C24H24BrCl2N3O3S2/c1-16(28-35(32,33)20-6-7-21(26)22(27)14-20)24(31)30-11-9-29(10-12-30)15-19-5-8-23(34-19)17-3-2-4-18(25)13-17/h2-8,13-14,16,28H,9-12,15H2,1H3. The van der Waals surface area contributed by atoms with Gasteiger partial charge in [-0.3, -0.25) is 9.69 Å². The number of hydrogen-bond donors (Lipinski definition) is 1. The Kier molecular flexibility index (Phi) is 8.58. The van der Waals surface area contributed by atoms with Crippen LogP contribution in [0, 0.1) is 0 Å². The number of nitrogens with one attached hydrogen (secondary N) is 1. The summed E-state index contributed by atoms with van der Waals surface area (Å²) in [4.78, 5) is 19.4. The van der Waals surface area contributed by atoms with Crippen LogP contribution in [0.4, 0.5) is 0 Å². The first-order chi connectivity index (χ1) is 16.6. The lowest BCUT2D eigenvalue weighted by atomic mass is 10.2. The minimum atomic E-state index is -3.91. The SMILES string of the molecule is CC(NS(=O)(=O)c1ccc(Cl)c(Cl)c1)C(=O)N1CCN(Cc2ccc(-c3cccc(Br)c3)s2)CC1. The van der Waals surface area contributed by atoms with E-state index in [-0.39, 0.29) is 20.8 Å². The number of halogens is 3. The number of sulfonamides is 1. The van der Waals surface area contributed by atoms with E-state index in [2.05, 4.69) is 49.8 Å². The van der Waals surface area contributed by atoms with Gasteiger partial charge in [0, 0.05) is 47.0 Å². The zero-order valence-electron chi connectivity index (χ0n) is 18.9. The molecule has 11 heteroatoms. The quantitative estimate of drug-likeness (QED) is 0.381. The minimum Gasteiger partial charge on any atom is -0.339 e. The van der Waals surface area contributed by atoms with Gasteiger partial charge in [0.15, 0.2) is 0 Å². The monoisotopic (exact) mass is 615 g/mol. The van der Waals surface area contributed by atoms with Crippen LogP contribution in [-0.2, 0) is 21.4 Å². The Morgan fingerprint density at radius 1 is 1.06 bits per heavy atom. The molecule has 1 fully saturated rings. The number of rotatable bonds is 7. The van der Waals surface area contributed by atoms with Crippen molar-refractivity contribution in [2.45, 2.75) is 24.4 Å². The highest BCUT2D eigenvalue weighted by molar-refractivity contribution is 9.10. The van der Waals surface area contributed by atoms with Crippen molar-refractivity contribution in [1.82, 2.24) is 14.5 Å². The second-order valence-electron chi connectivity index (χ2n) is 8.30. The fourth-order valence-corrected chi connectivity index (χ4v) is 6.91. The lowest BCUT2D eigenvalue weighted by Gasteiger charge is -2.35. The van der Waals surface area contributed by atoms with Crippen molar-refractivity contribution in [3.8, 4) is 10.4 Å². The summed E-state index contributed by atoms with van der Waals surface area (Å²) in [7, 11) is -3.91. The lowest BCUT2D eigenvalue weighted by Crippen LogP contribution is -2.53. The van der Waals surface area contributed by atoms with Gasteiger partial charge in [-0.15, -0.1) is 11.3 Å². The molecule has 1 saturated heterocycles. The maximum absolute atomic E-state index is 12.9. The van der Waals surface area contributed by atoms with Crippen molar-refractivity contribution >= 4 is 66.4 Å². The molecule has 1 atom stereocenters. The van der Waals surface area contributed by atoms with E-state index in [0.29, 0.717) is 13.1 Å². The molecule has 4 rings (SSSR count). The molecular formula is C24H24BrCl2N3O3S2. The average Bonchev–Trinajstić information content (AvgIpc) is 3.29. The molecule has 2 aromatic carbocycles. The zero-order valence-corrected chi connectivity index (χ0v) is 23.6. The number of benzene rings is 2. The van der Waals surface area contributed by atoms with Gasteiger partial charge in [-0.2, -0.15) is 4.72 Å². The Morgan fingerprint density at radius 2 is 1.80 bits per heavy atom. The van der Waals surface area contributed by atoms with E-state index >= 15 is 0 Å². The number of nitrogens with zero attached hydrogens (tertiary/aromatic N) is 2. The fraction of sp³-hybridized carbons (Fsp3) is 0.292. The summed E-state index contributed by atoms with van der Waals surface area (Å²) in [5, 5.41) is 0.402. The van der Waals surface area contributed by atoms with Crippen LogP contribution in [0.25, 0.3) is 10.4 Å². The van der Waals surface area contributed by atoms with E-state index in [9.17, 15) is 13.2 Å². The second kappa shape index (κ2) is 11.3. The van der Waals surface area contributed by atoms with E-state index in [4.69, 9.17) is 23.2 Å². The summed E-state index contributed by atoms with van der Waals surface area (Å²) in [5.74, 6) is -0.249. The molecule has 1 aliphatic rings. The highest BCUT2D eigenvalue weighted by atomic mass is 79.9. The summed E-state index contributed by atoms with van der Waals surface area (Å²) in [6.45, 7) is 4.91. The van der Waals surface area contributed by atoms with Crippen molar-refractivity contribution in [3.63, 3.8) is 0 Å². The number of piperazine rings is 1. The van der Waals surface area contributed by atoms with Gasteiger partial charge in [-0.1, -0.05) is 51.3 Å². The molecule has 0 radical (unpaired) electrons. The molecule has 1 unspecified atom stereocenters. The van der Waals surface area contributed by atoms with Gasteiger partial charge in [0.2, 0.25) is 15.9 Å². The van der Waals surface area contributed by atoms with Crippen molar-refractivity contribution in [1.29, 1.82) is 0 Å². The van der Waals surface area contributed by atoms with Crippen LogP contribution in [-0.4, -0.2) is 56.3 Å². The molecule has 0 bridgehead atoms. The second-order valence-corrected chi connectivity index (χ2v) is 12.9. The van der Waals surface area contributed by atoms with Gasteiger partial charge in [0.1, 0.15) is 0 Å². The number of hydrogen-bond acceptors (Lipinski definition) is 5. The Balaban J connectivity index is 1.30. The summed E-state index contributed by atoms with van der Waals surface area (Å²) >= 11 is 17.1. The first-order valence-electron chi connectivity index (χ1n) is 11.0. The largest absolute Gasteiger partial charge is 0.339 e. The Labute approximate surface area is 228 Å². The van der Waals surface area contributed by atoms with Gasteiger partial charge >= 0.3 is 0 Å². The minimum absolute atomic E-state index is 0.0328. The molecule has 1 aromatic heterocycles. The van der Waals surface area contributed by atoms with Crippen molar-refractivity contribution in [2.24, 2.45) is 0 Å². The van der Waals surface area contributed by atoms with Crippen LogP contribution >= 0.6 is 50.5 Å². The number of amides is 1. The Bertz CT molecular complexity index is 1330. The van der Waals surface area contributed by atoms with Crippen LogP contribution in [0.1, 0.15) is 11.8 Å². The summed E-state index contributed by atoms with van der Waals surface area (Å²) in [5.41, 5.74) is 1.18. The van der Waals surface area contributed by atoms with Crippen LogP contribution in [0.3, 0.4) is 0 Å². The number of thiophene rings is 1.